The van der Waals surface area contributed by atoms with E-state index in [-0.39, 0.29) is 23.9 Å². The van der Waals surface area contributed by atoms with Gasteiger partial charge in [-0.15, -0.1) is 0 Å². The summed E-state index contributed by atoms with van der Waals surface area (Å²) in [5.41, 5.74) is 1.19. The molecule has 7 heteroatoms. The fourth-order valence-electron chi connectivity index (χ4n) is 3.34. The Labute approximate surface area is 152 Å². The van der Waals surface area contributed by atoms with Crippen LogP contribution >= 0.6 is 0 Å². The van der Waals surface area contributed by atoms with E-state index in [1.54, 1.807) is 14.0 Å². The van der Waals surface area contributed by atoms with Crippen molar-refractivity contribution in [3.63, 3.8) is 0 Å². The predicted molar refractivity (Wildman–Crippen MR) is 99.7 cm³/mol. The van der Waals surface area contributed by atoms with Crippen LogP contribution in [0.5, 0.6) is 5.75 Å². The van der Waals surface area contributed by atoms with Gasteiger partial charge in [-0.25, -0.2) is 4.98 Å². The second kappa shape index (κ2) is 7.59. The van der Waals surface area contributed by atoms with Crippen LogP contribution in [0.25, 0.3) is 0 Å². The molecule has 26 heavy (non-hydrogen) atoms. The fourth-order valence-corrected chi connectivity index (χ4v) is 3.34. The number of hydrogen-bond acceptors (Lipinski definition) is 5. The molecule has 1 atom stereocenters. The lowest BCUT2D eigenvalue weighted by atomic mass is 10.1. The molecule has 0 unspecified atom stereocenters. The summed E-state index contributed by atoms with van der Waals surface area (Å²) >= 11 is 0. The van der Waals surface area contributed by atoms with E-state index in [9.17, 15) is 9.59 Å². The van der Waals surface area contributed by atoms with Crippen molar-refractivity contribution in [2.45, 2.75) is 26.3 Å². The highest BCUT2D eigenvalue weighted by Gasteiger charge is 2.29. The van der Waals surface area contributed by atoms with Crippen molar-refractivity contribution < 1.29 is 9.53 Å². The van der Waals surface area contributed by atoms with E-state index >= 15 is 0 Å². The Bertz CT molecular complexity index is 849. The minimum atomic E-state index is -0.244. The van der Waals surface area contributed by atoms with E-state index in [1.165, 1.54) is 6.20 Å². The number of anilines is 1. The van der Waals surface area contributed by atoms with Crippen molar-refractivity contribution in [3.8, 4) is 5.75 Å². The third kappa shape index (κ3) is 3.71. The number of nitrogens with one attached hydrogen (secondary N) is 1. The highest BCUT2D eigenvalue weighted by atomic mass is 16.5. The van der Waals surface area contributed by atoms with Crippen LogP contribution in [0.3, 0.4) is 0 Å². The molecule has 3 rings (SSSR count). The highest BCUT2D eigenvalue weighted by Crippen LogP contribution is 2.29. The van der Waals surface area contributed by atoms with E-state index in [0.717, 1.165) is 18.0 Å². The van der Waals surface area contributed by atoms with Gasteiger partial charge in [0, 0.05) is 37.4 Å². The molecule has 1 aliphatic rings. The number of benzene rings is 1. The molecule has 1 N–H and O–H groups in total. The molecule has 0 saturated carbocycles. The zero-order valence-electron chi connectivity index (χ0n) is 15.4. The molecular weight excluding hydrogens is 332 g/mol. The number of aryl methyl sites for hydroxylation is 1. The zero-order chi connectivity index (χ0) is 18.7. The normalized spacial score (nSPS) is 17.3. The number of carbonyl (C=O) groups is 1. The lowest BCUT2D eigenvalue weighted by Crippen LogP contribution is -2.54. The number of methoxy groups -OCH3 is 1. The number of aromatic nitrogens is 2. The fraction of sp³-hybridized carbons (Fsp3) is 0.421. The lowest BCUT2D eigenvalue weighted by Gasteiger charge is -2.41. The summed E-state index contributed by atoms with van der Waals surface area (Å²) in [6.45, 7) is 5.78. The number of hydrogen-bond donors (Lipinski definition) is 1. The average Bonchev–Trinajstić information content (AvgIpc) is 2.63. The number of rotatable bonds is 4. The molecule has 7 nitrogen and oxygen atoms in total. The zero-order valence-corrected chi connectivity index (χ0v) is 15.4. The summed E-state index contributed by atoms with van der Waals surface area (Å²) in [6, 6.07) is 7.93. The number of piperazine rings is 1. The van der Waals surface area contributed by atoms with Crippen LogP contribution in [0.1, 0.15) is 18.3 Å². The molecule has 2 heterocycles. The van der Waals surface area contributed by atoms with Crippen molar-refractivity contribution in [2.75, 3.05) is 31.6 Å². The van der Waals surface area contributed by atoms with Crippen LogP contribution in [0, 0.1) is 6.92 Å². The Morgan fingerprint density at radius 3 is 2.81 bits per heavy atom. The summed E-state index contributed by atoms with van der Waals surface area (Å²) in [5.74, 6) is 1.33. The predicted octanol–water partition coefficient (Wildman–Crippen LogP) is 1.37. The van der Waals surface area contributed by atoms with Crippen molar-refractivity contribution in [1.82, 2.24) is 14.9 Å². The van der Waals surface area contributed by atoms with Gasteiger partial charge in [-0.3, -0.25) is 9.59 Å². The molecule has 138 valence electrons. The number of carbonyl (C=O) groups excluding carboxylic acids is 1. The van der Waals surface area contributed by atoms with Crippen LogP contribution in [0.4, 0.5) is 5.69 Å². The van der Waals surface area contributed by atoms with Gasteiger partial charge in [-0.1, -0.05) is 12.1 Å². The SMILES string of the molecule is COc1ccccc1N1CCN(C(=O)Cc2cnc(C)[nH]c2=O)[C@H](C)C1. The smallest absolute Gasteiger partial charge is 0.254 e. The van der Waals surface area contributed by atoms with E-state index in [4.69, 9.17) is 4.74 Å². The van der Waals surface area contributed by atoms with Gasteiger partial charge in [-0.05, 0) is 26.0 Å². The van der Waals surface area contributed by atoms with Crippen molar-refractivity contribution in [3.05, 3.63) is 52.2 Å². The Kier molecular flexibility index (Phi) is 5.25. The maximum atomic E-state index is 12.7. The Balaban J connectivity index is 1.68. The molecule has 1 aliphatic heterocycles. The Morgan fingerprint density at radius 1 is 1.35 bits per heavy atom. The van der Waals surface area contributed by atoms with E-state index in [1.807, 2.05) is 36.1 Å². The summed E-state index contributed by atoms with van der Waals surface area (Å²) in [7, 11) is 1.66. The van der Waals surface area contributed by atoms with Gasteiger partial charge < -0.3 is 19.5 Å². The molecule has 1 amide bonds. The summed E-state index contributed by atoms with van der Waals surface area (Å²) in [5, 5.41) is 0. The second-order valence-electron chi connectivity index (χ2n) is 6.55. The molecule has 0 bridgehead atoms. The average molecular weight is 356 g/mol. The topological polar surface area (TPSA) is 78.5 Å². The first-order valence-electron chi connectivity index (χ1n) is 8.72. The molecule has 1 fully saturated rings. The number of amides is 1. The van der Waals surface area contributed by atoms with Gasteiger partial charge in [0.25, 0.3) is 5.56 Å². The monoisotopic (exact) mass is 356 g/mol. The Morgan fingerprint density at radius 2 is 2.12 bits per heavy atom. The number of para-hydroxylation sites is 2. The van der Waals surface area contributed by atoms with Crippen LogP contribution in [-0.4, -0.2) is 53.6 Å². The first-order valence-corrected chi connectivity index (χ1v) is 8.72. The van der Waals surface area contributed by atoms with Gasteiger partial charge in [0.2, 0.25) is 5.91 Å². The number of ether oxygens (including phenoxy) is 1. The maximum absolute atomic E-state index is 12.7. The standard InChI is InChI=1S/C19H24N4O3/c1-13-12-22(16-6-4-5-7-17(16)26-3)8-9-23(13)18(24)10-15-11-20-14(2)21-19(15)25/h4-7,11,13H,8-10,12H2,1-3H3,(H,20,21,25)/t13-/m1/s1. The Hall–Kier alpha value is -2.83. The van der Waals surface area contributed by atoms with Crippen molar-refractivity contribution in [1.29, 1.82) is 0 Å². The molecule has 2 aromatic rings. The second-order valence-corrected chi connectivity index (χ2v) is 6.55. The third-order valence-corrected chi connectivity index (χ3v) is 4.72. The molecule has 1 saturated heterocycles. The quantitative estimate of drug-likeness (QED) is 0.895. The number of nitrogens with zero attached hydrogens (tertiary/aromatic N) is 3. The van der Waals surface area contributed by atoms with Gasteiger partial charge in [0.15, 0.2) is 0 Å². The molecule has 1 aromatic heterocycles. The van der Waals surface area contributed by atoms with Gasteiger partial charge in [0.05, 0.1) is 19.2 Å². The first kappa shape index (κ1) is 18.0. The van der Waals surface area contributed by atoms with E-state index in [0.29, 0.717) is 24.5 Å². The lowest BCUT2D eigenvalue weighted by molar-refractivity contribution is -0.132. The van der Waals surface area contributed by atoms with Crippen LogP contribution < -0.4 is 15.2 Å². The molecular formula is C19H24N4O3. The van der Waals surface area contributed by atoms with Gasteiger partial charge >= 0.3 is 0 Å². The van der Waals surface area contributed by atoms with E-state index in [2.05, 4.69) is 14.9 Å². The minimum Gasteiger partial charge on any atom is -0.495 e. The molecule has 0 aliphatic carbocycles. The van der Waals surface area contributed by atoms with Crippen molar-refractivity contribution in [2.24, 2.45) is 0 Å². The third-order valence-electron chi connectivity index (χ3n) is 4.72. The first-order chi connectivity index (χ1) is 12.5. The summed E-state index contributed by atoms with van der Waals surface area (Å²) < 4.78 is 5.44. The number of aromatic amines is 1. The minimum absolute atomic E-state index is 0.0404. The van der Waals surface area contributed by atoms with Crippen molar-refractivity contribution >= 4 is 11.6 Å². The molecule has 0 radical (unpaired) electrons. The van der Waals surface area contributed by atoms with Crippen LogP contribution in [-0.2, 0) is 11.2 Å². The van der Waals surface area contributed by atoms with Crippen LogP contribution in [0.15, 0.2) is 35.3 Å². The largest absolute Gasteiger partial charge is 0.495 e. The van der Waals surface area contributed by atoms with Gasteiger partial charge in [0.1, 0.15) is 11.6 Å². The molecule has 1 aromatic carbocycles. The summed E-state index contributed by atoms with van der Waals surface area (Å²) in [4.78, 5) is 35.4. The number of H-pyrrole nitrogens is 1. The van der Waals surface area contributed by atoms with Gasteiger partial charge in [-0.2, -0.15) is 0 Å². The van der Waals surface area contributed by atoms with E-state index < -0.39 is 0 Å². The maximum Gasteiger partial charge on any atom is 0.254 e. The summed E-state index contributed by atoms with van der Waals surface area (Å²) in [6.07, 6.45) is 1.56. The molecule has 0 spiro atoms. The van der Waals surface area contributed by atoms with Crippen LogP contribution in [0.2, 0.25) is 0 Å². The highest BCUT2D eigenvalue weighted by molar-refractivity contribution is 5.79.